The van der Waals surface area contributed by atoms with Crippen molar-refractivity contribution in [3.8, 4) is 0 Å². The molecular weight excluding hydrogens is 230 g/mol. The molecule has 3 N–H and O–H groups in total. The van der Waals surface area contributed by atoms with Gasteiger partial charge < -0.3 is 15.5 Å². The number of carbonyl (C=O) groups excluding carboxylic acids is 1. The van der Waals surface area contributed by atoms with Crippen molar-refractivity contribution in [2.45, 2.75) is 19.4 Å². The van der Waals surface area contributed by atoms with E-state index in [-0.39, 0.29) is 11.9 Å². The quantitative estimate of drug-likeness (QED) is 0.857. The summed E-state index contributed by atoms with van der Waals surface area (Å²) in [6.45, 7) is 1.91. The molecule has 0 saturated carbocycles. The minimum absolute atomic E-state index is 0.0313. The van der Waals surface area contributed by atoms with Crippen LogP contribution in [-0.2, 0) is 6.42 Å². The maximum atomic E-state index is 12.0. The number of carbonyl (C=O) groups is 1. The monoisotopic (exact) mass is 245 g/mol. The molecule has 2 aromatic rings. The fourth-order valence-corrected chi connectivity index (χ4v) is 1.70. The number of nitrogens with one attached hydrogen (secondary N) is 1. The van der Waals surface area contributed by atoms with E-state index in [1.54, 1.807) is 18.5 Å². The third kappa shape index (κ3) is 2.88. The lowest BCUT2D eigenvalue weighted by Crippen LogP contribution is -2.34. The van der Waals surface area contributed by atoms with Crippen LogP contribution in [-0.4, -0.2) is 16.9 Å². The molecule has 0 aliphatic heterocycles. The lowest BCUT2D eigenvalue weighted by atomic mass is 10.1. The zero-order valence-electron chi connectivity index (χ0n) is 10.1. The molecule has 0 bridgehead atoms. The predicted molar refractivity (Wildman–Crippen MR) is 68.0 cm³/mol. The number of pyridine rings is 1. The Bertz CT molecular complexity index is 523. The SMILES string of the molecule is CC(Cc1ccco1)NC(=O)c1ccncc1N. The molecule has 2 aromatic heterocycles. The van der Waals surface area contributed by atoms with Crippen LogP contribution in [0.3, 0.4) is 0 Å². The van der Waals surface area contributed by atoms with Crippen molar-refractivity contribution in [2.24, 2.45) is 0 Å². The number of nitrogens with two attached hydrogens (primary N) is 1. The van der Waals surface area contributed by atoms with Crippen LogP contribution in [0.1, 0.15) is 23.0 Å². The second kappa shape index (κ2) is 5.35. The number of hydrogen-bond donors (Lipinski definition) is 2. The second-order valence-electron chi connectivity index (χ2n) is 4.12. The third-order valence-corrected chi connectivity index (χ3v) is 2.56. The molecule has 0 radical (unpaired) electrons. The summed E-state index contributed by atoms with van der Waals surface area (Å²) in [5.41, 5.74) is 6.51. The van der Waals surface area contributed by atoms with Crippen LogP contribution in [0.4, 0.5) is 5.69 Å². The van der Waals surface area contributed by atoms with Crippen molar-refractivity contribution < 1.29 is 9.21 Å². The normalized spacial score (nSPS) is 12.1. The summed E-state index contributed by atoms with van der Waals surface area (Å²) in [4.78, 5) is 15.8. The molecule has 5 nitrogen and oxygen atoms in total. The van der Waals surface area contributed by atoms with Crippen LogP contribution in [0.15, 0.2) is 41.3 Å². The summed E-state index contributed by atoms with van der Waals surface area (Å²) < 4.78 is 5.23. The maximum Gasteiger partial charge on any atom is 0.253 e. The van der Waals surface area contributed by atoms with Gasteiger partial charge in [-0.15, -0.1) is 0 Å². The van der Waals surface area contributed by atoms with E-state index >= 15 is 0 Å². The van der Waals surface area contributed by atoms with E-state index < -0.39 is 0 Å². The first-order valence-corrected chi connectivity index (χ1v) is 5.69. The molecule has 2 rings (SSSR count). The lowest BCUT2D eigenvalue weighted by Gasteiger charge is -2.13. The molecule has 2 heterocycles. The van der Waals surface area contributed by atoms with Crippen molar-refractivity contribution in [3.05, 3.63) is 48.2 Å². The first-order chi connectivity index (χ1) is 8.66. The van der Waals surface area contributed by atoms with E-state index in [0.29, 0.717) is 17.7 Å². The van der Waals surface area contributed by atoms with Gasteiger partial charge >= 0.3 is 0 Å². The second-order valence-corrected chi connectivity index (χ2v) is 4.12. The van der Waals surface area contributed by atoms with E-state index in [9.17, 15) is 4.79 Å². The average molecular weight is 245 g/mol. The number of furan rings is 1. The maximum absolute atomic E-state index is 12.0. The van der Waals surface area contributed by atoms with Gasteiger partial charge in [0, 0.05) is 18.7 Å². The number of amides is 1. The zero-order valence-corrected chi connectivity index (χ0v) is 10.1. The molecule has 5 heteroatoms. The highest BCUT2D eigenvalue weighted by molar-refractivity contribution is 5.98. The van der Waals surface area contributed by atoms with E-state index in [2.05, 4.69) is 10.3 Å². The van der Waals surface area contributed by atoms with Gasteiger partial charge in [-0.3, -0.25) is 9.78 Å². The van der Waals surface area contributed by atoms with Gasteiger partial charge in [0.1, 0.15) is 5.76 Å². The Morgan fingerprint density at radius 2 is 2.39 bits per heavy atom. The predicted octanol–water partition coefficient (Wildman–Crippen LogP) is 1.62. The molecule has 0 aliphatic rings. The molecule has 0 spiro atoms. The summed E-state index contributed by atoms with van der Waals surface area (Å²) in [6.07, 6.45) is 5.27. The van der Waals surface area contributed by atoms with Gasteiger partial charge in [-0.05, 0) is 25.1 Å². The summed E-state index contributed by atoms with van der Waals surface area (Å²) in [7, 11) is 0. The van der Waals surface area contributed by atoms with Gasteiger partial charge in [0.25, 0.3) is 5.91 Å². The third-order valence-electron chi connectivity index (χ3n) is 2.56. The van der Waals surface area contributed by atoms with Crippen molar-refractivity contribution in [1.29, 1.82) is 0 Å². The summed E-state index contributed by atoms with van der Waals surface area (Å²) in [5, 5.41) is 2.87. The van der Waals surface area contributed by atoms with Gasteiger partial charge in [0.05, 0.1) is 23.7 Å². The van der Waals surface area contributed by atoms with Gasteiger partial charge in [0.15, 0.2) is 0 Å². The molecule has 0 aromatic carbocycles. The largest absolute Gasteiger partial charge is 0.469 e. The van der Waals surface area contributed by atoms with Gasteiger partial charge in [-0.1, -0.05) is 0 Å². The summed E-state index contributed by atoms with van der Waals surface area (Å²) >= 11 is 0. The Labute approximate surface area is 105 Å². The summed E-state index contributed by atoms with van der Waals surface area (Å²) in [5.74, 6) is 0.638. The highest BCUT2D eigenvalue weighted by Gasteiger charge is 2.13. The number of anilines is 1. The van der Waals surface area contributed by atoms with E-state index in [1.807, 2.05) is 19.1 Å². The Morgan fingerprint density at radius 1 is 1.56 bits per heavy atom. The topological polar surface area (TPSA) is 81.2 Å². The minimum Gasteiger partial charge on any atom is -0.469 e. The van der Waals surface area contributed by atoms with Gasteiger partial charge in [0.2, 0.25) is 0 Å². The minimum atomic E-state index is -0.200. The molecule has 94 valence electrons. The number of hydrogen-bond acceptors (Lipinski definition) is 4. The van der Waals surface area contributed by atoms with Crippen LogP contribution < -0.4 is 11.1 Å². The van der Waals surface area contributed by atoms with Gasteiger partial charge in [-0.25, -0.2) is 0 Å². The zero-order chi connectivity index (χ0) is 13.0. The number of aromatic nitrogens is 1. The standard InChI is InChI=1S/C13H15N3O2/c1-9(7-10-3-2-6-18-10)16-13(17)11-4-5-15-8-12(11)14/h2-6,8-9H,7,14H2,1H3,(H,16,17). The molecular formula is C13H15N3O2. The average Bonchev–Trinajstić information content (AvgIpc) is 2.82. The smallest absolute Gasteiger partial charge is 0.253 e. The number of nitrogen functional groups attached to an aromatic ring is 1. The highest BCUT2D eigenvalue weighted by Crippen LogP contribution is 2.09. The fourth-order valence-electron chi connectivity index (χ4n) is 1.70. The fraction of sp³-hybridized carbons (Fsp3) is 0.231. The molecule has 0 aliphatic carbocycles. The van der Waals surface area contributed by atoms with Crippen LogP contribution in [0.25, 0.3) is 0 Å². The Hall–Kier alpha value is -2.30. The summed E-state index contributed by atoms with van der Waals surface area (Å²) in [6, 6.07) is 5.27. The van der Waals surface area contributed by atoms with Crippen molar-refractivity contribution in [2.75, 3.05) is 5.73 Å². The Balaban J connectivity index is 1.97. The van der Waals surface area contributed by atoms with Crippen LogP contribution >= 0.6 is 0 Å². The first-order valence-electron chi connectivity index (χ1n) is 5.69. The number of nitrogens with zero attached hydrogens (tertiary/aromatic N) is 1. The van der Waals surface area contributed by atoms with Crippen LogP contribution in [0.5, 0.6) is 0 Å². The van der Waals surface area contributed by atoms with Gasteiger partial charge in [-0.2, -0.15) is 0 Å². The van der Waals surface area contributed by atoms with E-state index in [0.717, 1.165) is 5.76 Å². The van der Waals surface area contributed by atoms with Crippen LogP contribution in [0.2, 0.25) is 0 Å². The molecule has 0 fully saturated rings. The Morgan fingerprint density at radius 3 is 3.06 bits per heavy atom. The van der Waals surface area contributed by atoms with Crippen LogP contribution in [0, 0.1) is 0 Å². The highest BCUT2D eigenvalue weighted by atomic mass is 16.3. The Kier molecular flexibility index (Phi) is 3.62. The lowest BCUT2D eigenvalue weighted by molar-refractivity contribution is 0.0940. The molecule has 0 saturated heterocycles. The number of rotatable bonds is 4. The first kappa shape index (κ1) is 12.2. The van der Waals surface area contributed by atoms with E-state index in [4.69, 9.17) is 10.2 Å². The molecule has 1 amide bonds. The van der Waals surface area contributed by atoms with E-state index in [1.165, 1.54) is 6.20 Å². The molecule has 18 heavy (non-hydrogen) atoms. The van der Waals surface area contributed by atoms with Crippen molar-refractivity contribution in [1.82, 2.24) is 10.3 Å². The van der Waals surface area contributed by atoms with Crippen molar-refractivity contribution >= 4 is 11.6 Å². The van der Waals surface area contributed by atoms with Crippen molar-refractivity contribution in [3.63, 3.8) is 0 Å². The molecule has 1 unspecified atom stereocenters. The molecule has 1 atom stereocenters.